The number of fused-ring (bicyclic) bond motifs is 1. The van der Waals surface area contributed by atoms with Gasteiger partial charge in [-0.3, -0.25) is 18.8 Å². The van der Waals surface area contributed by atoms with Crippen molar-refractivity contribution in [3.63, 3.8) is 0 Å². The summed E-state index contributed by atoms with van der Waals surface area (Å²) in [6, 6.07) is 20.2. The van der Waals surface area contributed by atoms with Gasteiger partial charge in [0.05, 0.1) is 17.3 Å². The van der Waals surface area contributed by atoms with Gasteiger partial charge >= 0.3 is 0 Å². The maximum atomic E-state index is 13.3. The summed E-state index contributed by atoms with van der Waals surface area (Å²) in [5, 5.41) is 13.2. The number of carbonyl (C=O) groups excluding carboxylic acids is 2. The lowest BCUT2D eigenvalue weighted by atomic mass is 9.92. The lowest BCUT2D eigenvalue weighted by Gasteiger charge is -2.17. The number of benzene rings is 2. The summed E-state index contributed by atoms with van der Waals surface area (Å²) in [7, 11) is 0. The summed E-state index contributed by atoms with van der Waals surface area (Å²) in [6.07, 6.45) is 6.15. The van der Waals surface area contributed by atoms with Crippen molar-refractivity contribution >= 4 is 29.1 Å². The number of rotatable bonds is 13. The Morgan fingerprint density at radius 3 is 2.17 bits per heavy atom. The van der Waals surface area contributed by atoms with Crippen LogP contribution in [0.1, 0.15) is 49.3 Å². The van der Waals surface area contributed by atoms with Gasteiger partial charge in [0.15, 0.2) is 0 Å². The van der Waals surface area contributed by atoms with E-state index in [0.717, 1.165) is 51.8 Å². The smallest absolute Gasteiger partial charge is 0.262 e. The second-order valence-corrected chi connectivity index (χ2v) is 13.7. The fourth-order valence-electron chi connectivity index (χ4n) is 7.02. The number of ether oxygens (including phenoxy) is 1. The summed E-state index contributed by atoms with van der Waals surface area (Å²) in [6.45, 7) is 6.70. The Bertz CT molecular complexity index is 2200. The van der Waals surface area contributed by atoms with E-state index in [4.69, 9.17) is 21.3 Å². The van der Waals surface area contributed by atoms with Crippen LogP contribution < -0.4 is 31.6 Å². The highest BCUT2D eigenvalue weighted by Gasteiger charge is 2.22. The first-order valence-corrected chi connectivity index (χ1v) is 18.2. The predicted octanol–water partition coefficient (Wildman–Crippen LogP) is 5.19. The molecule has 3 aromatic heterocycles. The molecule has 0 bridgehead atoms. The van der Waals surface area contributed by atoms with E-state index in [0.29, 0.717) is 73.4 Å². The summed E-state index contributed by atoms with van der Waals surface area (Å²) in [5.74, 6) is 0.723. The van der Waals surface area contributed by atoms with Crippen LogP contribution in [0.4, 0.5) is 0 Å². The van der Waals surface area contributed by atoms with Gasteiger partial charge in [0.1, 0.15) is 5.65 Å². The normalized spacial score (nSPS) is 17.1. The molecule has 52 heavy (non-hydrogen) atoms. The highest BCUT2D eigenvalue weighted by molar-refractivity contribution is 6.36. The Morgan fingerprint density at radius 2 is 1.50 bits per heavy atom. The van der Waals surface area contributed by atoms with Gasteiger partial charge in [0, 0.05) is 85.8 Å². The monoisotopic (exact) mass is 719 g/mol. The van der Waals surface area contributed by atoms with Gasteiger partial charge in [-0.05, 0) is 67.1 Å². The van der Waals surface area contributed by atoms with Crippen molar-refractivity contribution in [2.45, 2.75) is 64.7 Å². The zero-order valence-corrected chi connectivity index (χ0v) is 30.1. The summed E-state index contributed by atoms with van der Waals surface area (Å²) >= 11 is 7.18. The van der Waals surface area contributed by atoms with Crippen LogP contribution >= 0.6 is 11.6 Å². The lowest BCUT2D eigenvalue weighted by molar-refractivity contribution is -0.120. The molecule has 11 nitrogen and oxygen atoms in total. The van der Waals surface area contributed by atoms with Crippen molar-refractivity contribution < 1.29 is 14.3 Å². The van der Waals surface area contributed by atoms with E-state index in [2.05, 4.69) is 45.3 Å². The van der Waals surface area contributed by atoms with Crippen molar-refractivity contribution in [3.8, 4) is 39.4 Å². The Balaban J connectivity index is 1.11. The molecule has 12 heteroatoms. The quantitative estimate of drug-likeness (QED) is 0.131. The molecule has 2 fully saturated rings. The minimum atomic E-state index is -0.127. The molecule has 2 atom stereocenters. The Hall–Kier alpha value is -5.10. The minimum Gasteiger partial charge on any atom is -0.478 e. The van der Waals surface area contributed by atoms with Crippen molar-refractivity contribution in [1.82, 2.24) is 35.6 Å². The molecule has 5 heterocycles. The zero-order chi connectivity index (χ0) is 36.2. The van der Waals surface area contributed by atoms with Gasteiger partial charge in [-0.2, -0.15) is 0 Å². The zero-order valence-electron chi connectivity index (χ0n) is 29.3. The van der Waals surface area contributed by atoms with E-state index in [1.54, 1.807) is 16.8 Å². The molecule has 2 aliphatic rings. The fraction of sp³-hybridized carbons (Fsp3) is 0.325. The van der Waals surface area contributed by atoms with Crippen molar-refractivity contribution in [2.75, 3.05) is 19.7 Å². The van der Waals surface area contributed by atoms with Crippen molar-refractivity contribution in [1.29, 1.82) is 0 Å². The Kier molecular flexibility index (Phi) is 10.6. The first kappa shape index (κ1) is 35.3. The van der Waals surface area contributed by atoms with Crippen molar-refractivity contribution in [2.24, 2.45) is 0 Å². The van der Waals surface area contributed by atoms with Gasteiger partial charge in [0.2, 0.25) is 17.7 Å². The highest BCUT2D eigenvalue weighted by atomic mass is 35.5. The third kappa shape index (κ3) is 7.57. The molecular formula is C40H42ClN7O4. The summed E-state index contributed by atoms with van der Waals surface area (Å²) < 4.78 is 7.52. The minimum absolute atomic E-state index is 0.0705. The molecule has 2 aromatic carbocycles. The first-order chi connectivity index (χ1) is 25.3. The Morgan fingerprint density at radius 1 is 0.846 bits per heavy atom. The number of nitrogens with one attached hydrogen (secondary N) is 4. The molecule has 0 spiro atoms. The molecule has 5 aromatic rings. The third-order valence-electron chi connectivity index (χ3n) is 9.79. The first-order valence-electron chi connectivity index (χ1n) is 17.8. The second kappa shape index (κ2) is 15.6. The van der Waals surface area contributed by atoms with Crippen LogP contribution in [0.15, 0.2) is 77.9 Å². The van der Waals surface area contributed by atoms with E-state index >= 15 is 0 Å². The number of aromatic nitrogens is 3. The van der Waals surface area contributed by atoms with Gasteiger partial charge in [-0.15, -0.1) is 0 Å². The topological polar surface area (TPSA) is 139 Å². The van der Waals surface area contributed by atoms with Crippen LogP contribution in [0, 0.1) is 6.92 Å². The number of amides is 2. The van der Waals surface area contributed by atoms with Crippen molar-refractivity contribution in [3.05, 3.63) is 105 Å². The van der Waals surface area contributed by atoms with Gasteiger partial charge in [-0.1, -0.05) is 54.1 Å². The number of carbonyl (C=O) groups is 2. The fourth-order valence-corrected chi connectivity index (χ4v) is 7.34. The van der Waals surface area contributed by atoms with E-state index in [9.17, 15) is 14.4 Å². The molecule has 7 rings (SSSR count). The number of hydrogen-bond acceptors (Lipinski definition) is 8. The van der Waals surface area contributed by atoms with Crippen LogP contribution in [0.3, 0.4) is 0 Å². The predicted molar refractivity (Wildman–Crippen MR) is 202 cm³/mol. The van der Waals surface area contributed by atoms with Crippen LogP contribution in [0.2, 0.25) is 5.02 Å². The standard InChI is InChI=1S/C40H42ClN7O4/c1-3-52-39-26(19-42-22-28-11-14-36(49)45-28)10-13-34(47-39)33-9-5-8-32(38(33)41)31-7-4-6-30(24(31)2)25-16-17-48-35(18-25)44-21-27(40(48)51)20-43-23-29-12-15-37(50)46-29/h4-10,13,16-18,21,28-29,42-43H,3,11-12,14-15,19-20,22-23H2,1-2H3,(H,45,49)(H,46,50)/t28-,29-/m0/s1. The molecule has 0 aliphatic carbocycles. The molecule has 0 radical (unpaired) electrons. The lowest BCUT2D eigenvalue weighted by Crippen LogP contribution is -2.36. The molecule has 0 saturated carbocycles. The Labute approximate surface area is 307 Å². The largest absolute Gasteiger partial charge is 0.478 e. The summed E-state index contributed by atoms with van der Waals surface area (Å²) in [5.41, 5.74) is 8.27. The van der Waals surface area contributed by atoms with Crippen LogP contribution in [-0.4, -0.2) is 58.0 Å². The van der Waals surface area contributed by atoms with Crippen LogP contribution in [0.25, 0.3) is 39.2 Å². The average molecular weight is 720 g/mol. The van der Waals surface area contributed by atoms with Gasteiger partial charge < -0.3 is 26.0 Å². The van der Waals surface area contributed by atoms with E-state index < -0.39 is 0 Å². The number of halogens is 1. The molecule has 0 unspecified atom stereocenters. The van der Waals surface area contributed by atoms with Crippen LogP contribution in [-0.2, 0) is 22.7 Å². The van der Waals surface area contributed by atoms with Gasteiger partial charge in [-0.25, -0.2) is 9.97 Å². The molecule has 2 amide bonds. The number of hydrogen-bond donors (Lipinski definition) is 4. The maximum absolute atomic E-state index is 13.3. The molecule has 4 N–H and O–H groups in total. The highest BCUT2D eigenvalue weighted by Crippen LogP contribution is 2.40. The number of pyridine rings is 2. The molecular weight excluding hydrogens is 678 g/mol. The number of nitrogens with zero attached hydrogens (tertiary/aromatic N) is 3. The van der Waals surface area contributed by atoms with E-state index in [-0.39, 0.29) is 29.5 Å². The maximum Gasteiger partial charge on any atom is 0.262 e. The second-order valence-electron chi connectivity index (χ2n) is 13.3. The molecule has 268 valence electrons. The molecule has 2 aliphatic heterocycles. The van der Waals surface area contributed by atoms with Crippen LogP contribution in [0.5, 0.6) is 5.88 Å². The summed E-state index contributed by atoms with van der Waals surface area (Å²) in [4.78, 5) is 45.9. The molecule has 2 saturated heterocycles. The van der Waals surface area contributed by atoms with Gasteiger partial charge in [0.25, 0.3) is 5.56 Å². The average Bonchev–Trinajstić information content (AvgIpc) is 3.77. The van der Waals surface area contributed by atoms with E-state index in [1.165, 1.54) is 0 Å². The third-order valence-corrected chi connectivity index (χ3v) is 10.2. The van der Waals surface area contributed by atoms with E-state index in [1.807, 2.05) is 55.5 Å². The SMILES string of the molecule is CCOc1nc(-c2cccc(-c3cccc(-c4ccn5c(=O)c(CNC[C@@H]6CCC(=O)N6)cnc5c4)c3C)c2Cl)ccc1CNC[C@@H]1CCC(=O)N1.